The normalized spacial score (nSPS) is 18.0. The van der Waals surface area contributed by atoms with Crippen LogP contribution < -0.4 is 15.8 Å². The lowest BCUT2D eigenvalue weighted by atomic mass is 10.0. The van der Waals surface area contributed by atoms with E-state index in [0.29, 0.717) is 23.8 Å². The van der Waals surface area contributed by atoms with Crippen molar-refractivity contribution in [1.29, 1.82) is 0 Å². The average Bonchev–Trinajstić information content (AvgIpc) is 3.45. The van der Waals surface area contributed by atoms with Crippen molar-refractivity contribution in [3.63, 3.8) is 0 Å². The molecule has 2 amide bonds. The summed E-state index contributed by atoms with van der Waals surface area (Å²) < 4.78 is 6.00. The quantitative estimate of drug-likeness (QED) is 0.722. The Bertz CT molecular complexity index is 648. The number of ether oxygens (including phenoxy) is 1. The van der Waals surface area contributed by atoms with Crippen LogP contribution >= 0.6 is 0 Å². The molecule has 2 fully saturated rings. The number of primary amides is 1. The summed E-state index contributed by atoms with van der Waals surface area (Å²) in [5.41, 5.74) is 7.14. The standard InChI is InChI=1S/C20H28N2O3/c1-12(2)9-17(19(21)23)22-20(24)15-7-8-16(14-5-6-14)18(10-15)25-11-13-3-4-13/h7-8,10,12-14,17H,3-6,9,11H2,1-2H3,(H2,21,23)(H,22,24)/t17-/m0/s1. The molecule has 0 saturated heterocycles. The number of nitrogens with one attached hydrogen (secondary N) is 1. The van der Waals surface area contributed by atoms with Crippen molar-refractivity contribution in [2.24, 2.45) is 17.6 Å². The molecule has 1 atom stereocenters. The van der Waals surface area contributed by atoms with E-state index >= 15 is 0 Å². The molecular weight excluding hydrogens is 316 g/mol. The molecule has 2 aliphatic rings. The summed E-state index contributed by atoms with van der Waals surface area (Å²) in [6, 6.07) is 4.99. The zero-order valence-electron chi connectivity index (χ0n) is 15.1. The number of rotatable bonds is 9. The van der Waals surface area contributed by atoms with Crippen LogP contribution in [0.1, 0.15) is 67.8 Å². The molecular formula is C20H28N2O3. The zero-order chi connectivity index (χ0) is 18.0. The van der Waals surface area contributed by atoms with Gasteiger partial charge in [0.2, 0.25) is 5.91 Å². The molecule has 0 radical (unpaired) electrons. The fourth-order valence-corrected chi connectivity index (χ4v) is 2.98. The summed E-state index contributed by atoms with van der Waals surface area (Å²) in [7, 11) is 0. The molecule has 136 valence electrons. The van der Waals surface area contributed by atoms with Crippen molar-refractivity contribution < 1.29 is 14.3 Å². The molecule has 2 aliphatic carbocycles. The van der Waals surface area contributed by atoms with Gasteiger partial charge in [0, 0.05) is 5.56 Å². The Balaban J connectivity index is 1.72. The van der Waals surface area contributed by atoms with Crippen LogP contribution in [0.2, 0.25) is 0 Å². The Labute approximate surface area is 149 Å². The van der Waals surface area contributed by atoms with Gasteiger partial charge >= 0.3 is 0 Å². The Morgan fingerprint density at radius 3 is 2.52 bits per heavy atom. The largest absolute Gasteiger partial charge is 0.493 e. The first-order valence-electron chi connectivity index (χ1n) is 9.31. The molecule has 1 aromatic rings. The fourth-order valence-electron chi connectivity index (χ4n) is 2.98. The van der Waals surface area contributed by atoms with Crippen LogP contribution in [-0.4, -0.2) is 24.5 Å². The van der Waals surface area contributed by atoms with E-state index in [-0.39, 0.29) is 11.8 Å². The Hall–Kier alpha value is -2.04. The Kier molecular flexibility index (Phi) is 5.30. The third-order valence-corrected chi connectivity index (χ3v) is 4.82. The number of carbonyl (C=O) groups excluding carboxylic acids is 2. The molecule has 0 unspecified atom stereocenters. The smallest absolute Gasteiger partial charge is 0.252 e. The van der Waals surface area contributed by atoms with E-state index in [4.69, 9.17) is 10.5 Å². The van der Waals surface area contributed by atoms with E-state index in [1.165, 1.54) is 31.2 Å². The SMILES string of the molecule is CC(C)C[C@H](NC(=O)c1ccc(C2CC2)c(OCC2CC2)c1)C(N)=O. The highest BCUT2D eigenvalue weighted by molar-refractivity contribution is 5.97. The van der Waals surface area contributed by atoms with Crippen molar-refractivity contribution in [3.05, 3.63) is 29.3 Å². The number of carbonyl (C=O) groups is 2. The maximum atomic E-state index is 12.6. The molecule has 0 bridgehead atoms. The topological polar surface area (TPSA) is 81.4 Å². The average molecular weight is 344 g/mol. The van der Waals surface area contributed by atoms with Crippen LogP contribution in [0.3, 0.4) is 0 Å². The molecule has 3 N–H and O–H groups in total. The second-order valence-electron chi connectivity index (χ2n) is 7.84. The van der Waals surface area contributed by atoms with Crippen molar-refractivity contribution in [2.75, 3.05) is 6.61 Å². The van der Waals surface area contributed by atoms with Gasteiger partial charge in [0.05, 0.1) is 6.61 Å². The number of nitrogens with two attached hydrogens (primary N) is 1. The highest BCUT2D eigenvalue weighted by Crippen LogP contribution is 2.45. The van der Waals surface area contributed by atoms with Crippen molar-refractivity contribution in [3.8, 4) is 5.75 Å². The number of benzene rings is 1. The third kappa shape index (κ3) is 4.97. The highest BCUT2D eigenvalue weighted by Gasteiger charge is 2.29. The van der Waals surface area contributed by atoms with Gasteiger partial charge in [-0.2, -0.15) is 0 Å². The predicted molar refractivity (Wildman–Crippen MR) is 96.5 cm³/mol. The van der Waals surface area contributed by atoms with Crippen LogP contribution in [0.25, 0.3) is 0 Å². The van der Waals surface area contributed by atoms with E-state index < -0.39 is 11.9 Å². The van der Waals surface area contributed by atoms with Crippen molar-refractivity contribution in [1.82, 2.24) is 5.32 Å². The molecule has 5 nitrogen and oxygen atoms in total. The maximum absolute atomic E-state index is 12.6. The summed E-state index contributed by atoms with van der Waals surface area (Å²) in [4.78, 5) is 24.2. The lowest BCUT2D eigenvalue weighted by molar-refractivity contribution is -0.120. The van der Waals surface area contributed by atoms with E-state index in [0.717, 1.165) is 12.4 Å². The van der Waals surface area contributed by atoms with Gasteiger partial charge in [-0.05, 0) is 67.6 Å². The maximum Gasteiger partial charge on any atom is 0.252 e. The van der Waals surface area contributed by atoms with Gasteiger partial charge in [0.15, 0.2) is 0 Å². The first-order chi connectivity index (χ1) is 11.9. The first-order valence-corrected chi connectivity index (χ1v) is 9.31. The molecule has 25 heavy (non-hydrogen) atoms. The molecule has 3 rings (SSSR count). The number of amides is 2. The Morgan fingerprint density at radius 2 is 1.96 bits per heavy atom. The minimum absolute atomic E-state index is 0.271. The van der Waals surface area contributed by atoms with Crippen LogP contribution in [0, 0.1) is 11.8 Å². The van der Waals surface area contributed by atoms with E-state index in [9.17, 15) is 9.59 Å². The number of hydrogen-bond acceptors (Lipinski definition) is 3. The second kappa shape index (κ2) is 7.46. The van der Waals surface area contributed by atoms with Gasteiger partial charge in [-0.25, -0.2) is 0 Å². The van der Waals surface area contributed by atoms with Crippen molar-refractivity contribution >= 4 is 11.8 Å². The number of hydrogen-bond donors (Lipinski definition) is 2. The summed E-state index contributed by atoms with van der Waals surface area (Å²) in [5.74, 6) is 1.54. The van der Waals surface area contributed by atoms with Gasteiger partial charge in [-0.1, -0.05) is 19.9 Å². The van der Waals surface area contributed by atoms with Crippen LogP contribution in [0.15, 0.2) is 18.2 Å². The van der Waals surface area contributed by atoms with Crippen molar-refractivity contribution in [2.45, 2.75) is 57.9 Å². The van der Waals surface area contributed by atoms with Gasteiger partial charge in [-0.3, -0.25) is 9.59 Å². The molecule has 1 aromatic carbocycles. The summed E-state index contributed by atoms with van der Waals surface area (Å²) >= 11 is 0. The molecule has 0 spiro atoms. The summed E-state index contributed by atoms with van der Waals surface area (Å²) in [6.07, 6.45) is 5.36. The van der Waals surface area contributed by atoms with Gasteiger partial charge < -0.3 is 15.8 Å². The lowest BCUT2D eigenvalue weighted by Crippen LogP contribution is -2.45. The monoisotopic (exact) mass is 344 g/mol. The fraction of sp³-hybridized carbons (Fsp3) is 0.600. The molecule has 5 heteroatoms. The van der Waals surface area contributed by atoms with E-state index in [1.54, 1.807) is 0 Å². The van der Waals surface area contributed by atoms with E-state index in [2.05, 4.69) is 5.32 Å². The van der Waals surface area contributed by atoms with Crippen LogP contribution in [0.5, 0.6) is 5.75 Å². The third-order valence-electron chi connectivity index (χ3n) is 4.82. The highest BCUT2D eigenvalue weighted by atomic mass is 16.5. The summed E-state index contributed by atoms with van der Waals surface area (Å²) in [6.45, 7) is 4.72. The van der Waals surface area contributed by atoms with E-state index in [1.807, 2.05) is 32.0 Å². The molecule has 0 aliphatic heterocycles. The van der Waals surface area contributed by atoms with Crippen LogP contribution in [0.4, 0.5) is 0 Å². The molecule has 2 saturated carbocycles. The minimum Gasteiger partial charge on any atom is -0.493 e. The molecule has 0 aromatic heterocycles. The Morgan fingerprint density at radius 1 is 1.24 bits per heavy atom. The minimum atomic E-state index is -0.647. The van der Waals surface area contributed by atoms with Crippen LogP contribution in [-0.2, 0) is 4.79 Å². The molecule has 0 heterocycles. The van der Waals surface area contributed by atoms with Gasteiger partial charge in [0.1, 0.15) is 11.8 Å². The zero-order valence-corrected chi connectivity index (χ0v) is 15.1. The first kappa shape index (κ1) is 17.8. The predicted octanol–water partition coefficient (Wildman–Crippen LogP) is 2.98. The second-order valence-corrected chi connectivity index (χ2v) is 7.84. The summed E-state index contributed by atoms with van der Waals surface area (Å²) in [5, 5.41) is 2.76. The lowest BCUT2D eigenvalue weighted by Gasteiger charge is -2.18. The van der Waals surface area contributed by atoms with Gasteiger partial charge in [-0.15, -0.1) is 0 Å². The van der Waals surface area contributed by atoms with Gasteiger partial charge in [0.25, 0.3) is 5.91 Å².